The molecule has 10 rings (SSSR count). The molecule has 3 heteroatoms. The van der Waals surface area contributed by atoms with Crippen LogP contribution in [0.5, 0.6) is 0 Å². The van der Waals surface area contributed by atoms with Crippen molar-refractivity contribution in [3.05, 3.63) is 194 Å². The number of fused-ring (bicyclic) bond motifs is 6. The SMILES string of the molecule is c1cc[c]([Ge]([c]2ccccc2)([c]2ccc(-c3cccc4c3sc3ccccc34)cc2)[c]2ccc(-c3cccc4c3sc3ccccc34)cc2)cc1. The predicted octanol–water partition coefficient (Wildman–Crippen LogP) is 11.1. The summed E-state index contributed by atoms with van der Waals surface area (Å²) in [6, 6.07) is 72.9. The van der Waals surface area contributed by atoms with Crippen molar-refractivity contribution in [1.82, 2.24) is 0 Å². The molecule has 10 aromatic rings. The molecule has 2 aromatic heterocycles. The molecule has 0 unspecified atom stereocenters. The molecule has 0 aliphatic rings. The molecule has 0 bridgehead atoms. The number of hydrogen-bond acceptors (Lipinski definition) is 2. The summed E-state index contributed by atoms with van der Waals surface area (Å²) in [6.45, 7) is 0. The molecule has 0 fully saturated rings. The number of hydrogen-bond donors (Lipinski definition) is 0. The first-order chi connectivity index (χ1) is 25.3. The zero-order valence-corrected chi connectivity index (χ0v) is 31.5. The maximum atomic E-state index is 2.44. The number of thiophene rings is 2. The van der Waals surface area contributed by atoms with Gasteiger partial charge in [-0.05, 0) is 0 Å². The summed E-state index contributed by atoms with van der Waals surface area (Å²) in [5.74, 6) is 0. The van der Waals surface area contributed by atoms with Crippen molar-refractivity contribution in [3.63, 3.8) is 0 Å². The van der Waals surface area contributed by atoms with E-state index in [4.69, 9.17) is 0 Å². The van der Waals surface area contributed by atoms with Gasteiger partial charge in [-0.1, -0.05) is 0 Å². The first-order valence-electron chi connectivity index (χ1n) is 17.4. The van der Waals surface area contributed by atoms with Gasteiger partial charge in [0, 0.05) is 0 Å². The summed E-state index contributed by atoms with van der Waals surface area (Å²) < 4.78 is 11.1. The summed E-state index contributed by atoms with van der Waals surface area (Å²) in [4.78, 5) is 0. The first kappa shape index (κ1) is 30.6. The monoisotopic (exact) mass is 746 g/mol. The van der Waals surface area contributed by atoms with Crippen molar-refractivity contribution in [2.75, 3.05) is 0 Å². The summed E-state index contributed by atoms with van der Waals surface area (Å²) in [7, 11) is 0. The van der Waals surface area contributed by atoms with E-state index in [9.17, 15) is 0 Å². The Morgan fingerprint density at radius 2 is 0.627 bits per heavy atom. The van der Waals surface area contributed by atoms with E-state index in [0.29, 0.717) is 0 Å². The fourth-order valence-electron chi connectivity index (χ4n) is 8.12. The zero-order chi connectivity index (χ0) is 33.8. The van der Waals surface area contributed by atoms with Crippen molar-refractivity contribution in [2.45, 2.75) is 0 Å². The molecule has 0 atom stereocenters. The van der Waals surface area contributed by atoms with E-state index in [-0.39, 0.29) is 0 Å². The Kier molecular flexibility index (Phi) is 7.49. The predicted molar refractivity (Wildman–Crippen MR) is 227 cm³/mol. The van der Waals surface area contributed by atoms with Crippen LogP contribution in [0.3, 0.4) is 0 Å². The van der Waals surface area contributed by atoms with Gasteiger partial charge in [0.15, 0.2) is 0 Å². The molecular weight excluding hydrogens is 713 g/mol. The van der Waals surface area contributed by atoms with Gasteiger partial charge in [0.05, 0.1) is 0 Å². The van der Waals surface area contributed by atoms with E-state index in [1.54, 1.807) is 0 Å². The molecule has 0 saturated heterocycles. The third kappa shape index (κ3) is 4.93. The quantitative estimate of drug-likeness (QED) is 0.149. The molecule has 8 aromatic carbocycles. The van der Waals surface area contributed by atoms with Gasteiger partial charge in [-0.3, -0.25) is 0 Å². The Labute approximate surface area is 308 Å². The Balaban J connectivity index is 1.15. The standard InChI is InChI=1S/C48H32GeS2/c1-3-13-35(14-4-1)49(36-15-5-2-6-16-36,37-29-25-33(26-30-37)39-19-11-21-43-41-17-7-9-23-45(41)50-47(39)43)38-31-27-34(28-32-38)40-20-12-22-44-42-18-8-10-24-46(42)51-48(40)44/h1-32H. The van der Waals surface area contributed by atoms with Gasteiger partial charge in [0.1, 0.15) is 0 Å². The second-order valence-corrected chi connectivity index (χ2v) is 23.3. The van der Waals surface area contributed by atoms with Gasteiger partial charge in [0.2, 0.25) is 0 Å². The Bertz CT molecular complexity index is 2630. The molecule has 0 amide bonds. The molecule has 0 N–H and O–H groups in total. The second-order valence-electron chi connectivity index (χ2n) is 13.2. The fraction of sp³-hybridized carbons (Fsp3) is 0. The fourth-order valence-corrected chi connectivity index (χ4v) is 20.5. The van der Waals surface area contributed by atoms with Gasteiger partial charge in [-0.25, -0.2) is 0 Å². The average Bonchev–Trinajstić information content (AvgIpc) is 3.79. The summed E-state index contributed by atoms with van der Waals surface area (Å²) >= 11 is 0.328. The van der Waals surface area contributed by atoms with E-state index in [1.165, 1.54) is 80.2 Å². The Morgan fingerprint density at radius 1 is 0.275 bits per heavy atom. The molecule has 51 heavy (non-hydrogen) atoms. The van der Waals surface area contributed by atoms with E-state index in [0.717, 1.165) is 0 Å². The number of benzene rings is 8. The van der Waals surface area contributed by atoms with Crippen LogP contribution in [0.2, 0.25) is 0 Å². The van der Waals surface area contributed by atoms with Crippen molar-refractivity contribution >= 4 is 93.9 Å². The minimum atomic E-state index is -3.47. The zero-order valence-electron chi connectivity index (χ0n) is 27.8. The van der Waals surface area contributed by atoms with Crippen LogP contribution in [0.15, 0.2) is 194 Å². The third-order valence-corrected chi connectivity index (χ3v) is 23.0. The Morgan fingerprint density at radius 3 is 1.06 bits per heavy atom. The van der Waals surface area contributed by atoms with Gasteiger partial charge in [0.25, 0.3) is 0 Å². The van der Waals surface area contributed by atoms with Crippen molar-refractivity contribution in [1.29, 1.82) is 0 Å². The second kappa shape index (κ2) is 12.5. The van der Waals surface area contributed by atoms with Crippen LogP contribution in [0, 0.1) is 0 Å². The van der Waals surface area contributed by atoms with Gasteiger partial charge in [-0.2, -0.15) is 0 Å². The molecule has 0 saturated carbocycles. The topological polar surface area (TPSA) is 0 Å². The van der Waals surface area contributed by atoms with E-state index in [2.05, 4.69) is 194 Å². The van der Waals surface area contributed by atoms with E-state index in [1.807, 2.05) is 22.7 Å². The normalized spacial score (nSPS) is 11.9. The van der Waals surface area contributed by atoms with Crippen LogP contribution in [0.25, 0.3) is 62.6 Å². The van der Waals surface area contributed by atoms with Crippen molar-refractivity contribution in [2.24, 2.45) is 0 Å². The van der Waals surface area contributed by atoms with Crippen LogP contribution < -0.4 is 17.6 Å². The maximum absolute atomic E-state index is 3.47. The third-order valence-electron chi connectivity index (χ3n) is 10.5. The molecule has 0 aliphatic carbocycles. The molecule has 2 heterocycles. The van der Waals surface area contributed by atoms with Gasteiger partial charge < -0.3 is 0 Å². The molecule has 240 valence electrons. The molecule has 0 radical (unpaired) electrons. The van der Waals surface area contributed by atoms with Crippen molar-refractivity contribution < 1.29 is 0 Å². The summed E-state index contributed by atoms with van der Waals surface area (Å²) in [5.41, 5.74) is 5.13. The average molecular weight is 746 g/mol. The van der Waals surface area contributed by atoms with E-state index < -0.39 is 13.3 Å². The Hall–Kier alpha value is -5.26. The van der Waals surface area contributed by atoms with Crippen molar-refractivity contribution in [3.8, 4) is 22.3 Å². The number of rotatable bonds is 6. The molecule has 0 aliphatic heterocycles. The van der Waals surface area contributed by atoms with Crippen LogP contribution in [0.4, 0.5) is 0 Å². The van der Waals surface area contributed by atoms with Gasteiger partial charge >= 0.3 is 310 Å². The molecular formula is C48H32GeS2. The first-order valence-corrected chi connectivity index (χ1v) is 23.3. The van der Waals surface area contributed by atoms with Crippen LogP contribution >= 0.6 is 22.7 Å². The van der Waals surface area contributed by atoms with Crippen LogP contribution in [-0.2, 0) is 0 Å². The summed E-state index contributed by atoms with van der Waals surface area (Å²) in [6.07, 6.45) is 0. The molecule has 0 spiro atoms. The minimum absolute atomic E-state index is 1.26. The van der Waals surface area contributed by atoms with Crippen LogP contribution in [0.1, 0.15) is 0 Å². The summed E-state index contributed by atoms with van der Waals surface area (Å²) in [5, 5.41) is 5.35. The van der Waals surface area contributed by atoms with Crippen LogP contribution in [-0.4, -0.2) is 13.3 Å². The van der Waals surface area contributed by atoms with E-state index >= 15 is 0 Å². The molecule has 0 nitrogen and oxygen atoms in total. The van der Waals surface area contributed by atoms with Gasteiger partial charge in [-0.15, -0.1) is 0 Å².